The highest BCUT2D eigenvalue weighted by Gasteiger charge is 2.36. The van der Waals surface area contributed by atoms with Gasteiger partial charge in [-0.2, -0.15) is 0 Å². The van der Waals surface area contributed by atoms with Gasteiger partial charge in [-0.25, -0.2) is 0 Å². The molecule has 0 fully saturated rings. The van der Waals surface area contributed by atoms with E-state index in [0.717, 1.165) is 0 Å². The van der Waals surface area contributed by atoms with Crippen LogP contribution >= 0.6 is 0 Å². The van der Waals surface area contributed by atoms with E-state index in [1.807, 2.05) is 43.3 Å². The lowest BCUT2D eigenvalue weighted by molar-refractivity contribution is 0.0312. The Morgan fingerprint density at radius 3 is 2.15 bits per heavy atom. The summed E-state index contributed by atoms with van der Waals surface area (Å²) in [6.07, 6.45) is 3.92. The van der Waals surface area contributed by atoms with Crippen molar-refractivity contribution in [2.75, 3.05) is 0 Å². The zero-order chi connectivity index (χ0) is 14.4. The van der Waals surface area contributed by atoms with Gasteiger partial charge in [0.1, 0.15) is 0 Å². The number of ketones is 1. The average molecular weight is 266 g/mol. The van der Waals surface area contributed by atoms with Crippen molar-refractivity contribution < 1.29 is 9.90 Å². The molecule has 0 amide bonds. The van der Waals surface area contributed by atoms with Crippen LogP contribution in [0, 0.1) is 0 Å². The van der Waals surface area contributed by atoms with Crippen LogP contribution < -0.4 is 0 Å². The Morgan fingerprint density at radius 1 is 1.05 bits per heavy atom. The Balaban J connectivity index is 2.45. The van der Waals surface area contributed by atoms with E-state index in [1.165, 1.54) is 0 Å². The van der Waals surface area contributed by atoms with Gasteiger partial charge >= 0.3 is 0 Å². The van der Waals surface area contributed by atoms with Crippen molar-refractivity contribution in [3.8, 4) is 0 Å². The molecule has 2 aromatic rings. The highest BCUT2D eigenvalue weighted by Crippen LogP contribution is 2.29. The van der Waals surface area contributed by atoms with Crippen molar-refractivity contribution in [2.45, 2.75) is 18.9 Å². The van der Waals surface area contributed by atoms with Gasteiger partial charge in [0.25, 0.3) is 0 Å². The third-order valence-electron chi connectivity index (χ3n) is 3.31. The topological polar surface area (TPSA) is 37.3 Å². The predicted molar refractivity (Wildman–Crippen MR) is 80.5 cm³/mol. The van der Waals surface area contributed by atoms with Crippen LogP contribution in [0.5, 0.6) is 0 Å². The first-order valence-corrected chi connectivity index (χ1v) is 6.67. The molecule has 0 saturated carbocycles. The number of rotatable bonds is 5. The zero-order valence-electron chi connectivity index (χ0n) is 11.5. The molecule has 0 aromatic heterocycles. The van der Waals surface area contributed by atoms with Crippen molar-refractivity contribution in [1.82, 2.24) is 0 Å². The maximum atomic E-state index is 12.7. The second-order valence-corrected chi connectivity index (χ2v) is 4.69. The summed E-state index contributed by atoms with van der Waals surface area (Å²) in [5, 5.41) is 10.9. The molecule has 0 radical (unpaired) electrons. The van der Waals surface area contributed by atoms with Crippen molar-refractivity contribution in [3.05, 3.63) is 83.9 Å². The predicted octanol–water partition coefficient (Wildman–Crippen LogP) is 3.72. The van der Waals surface area contributed by atoms with Gasteiger partial charge in [0, 0.05) is 12.0 Å². The van der Waals surface area contributed by atoms with Crippen molar-refractivity contribution in [3.63, 3.8) is 0 Å². The average Bonchev–Trinajstić information content (AvgIpc) is 2.53. The Bertz CT molecular complexity index is 587. The Hall–Kier alpha value is -2.19. The SMILES string of the molecule is C/C=C/CC(O)(C(=O)c1ccccc1)c1ccccc1. The van der Waals surface area contributed by atoms with Gasteiger partial charge in [0.15, 0.2) is 11.4 Å². The maximum absolute atomic E-state index is 12.7. The third-order valence-corrected chi connectivity index (χ3v) is 3.31. The second-order valence-electron chi connectivity index (χ2n) is 4.69. The van der Waals surface area contributed by atoms with Gasteiger partial charge in [-0.05, 0) is 12.5 Å². The van der Waals surface area contributed by atoms with Crippen LogP contribution in [-0.4, -0.2) is 10.9 Å². The lowest BCUT2D eigenvalue weighted by Crippen LogP contribution is -2.35. The second kappa shape index (κ2) is 6.31. The summed E-state index contributed by atoms with van der Waals surface area (Å²) in [6.45, 7) is 1.87. The molecule has 1 atom stereocenters. The van der Waals surface area contributed by atoms with Crippen molar-refractivity contribution in [1.29, 1.82) is 0 Å². The quantitative estimate of drug-likeness (QED) is 0.661. The Morgan fingerprint density at radius 2 is 1.60 bits per heavy atom. The summed E-state index contributed by atoms with van der Waals surface area (Å²) in [5.41, 5.74) is -0.384. The number of carbonyl (C=O) groups excluding carboxylic acids is 1. The standard InChI is InChI=1S/C18H18O2/c1-2-3-14-18(20,16-12-8-5-9-13-16)17(19)15-10-6-4-7-11-15/h2-13,20H,14H2,1H3/b3-2+. The lowest BCUT2D eigenvalue weighted by Gasteiger charge is -2.26. The van der Waals surface area contributed by atoms with Crippen LogP contribution in [0.15, 0.2) is 72.8 Å². The van der Waals surface area contributed by atoms with E-state index in [0.29, 0.717) is 11.1 Å². The molecule has 2 heteroatoms. The highest BCUT2D eigenvalue weighted by molar-refractivity contribution is 6.02. The largest absolute Gasteiger partial charge is 0.377 e. The van der Waals surface area contributed by atoms with Crippen molar-refractivity contribution in [2.24, 2.45) is 0 Å². The smallest absolute Gasteiger partial charge is 0.199 e. The number of carbonyl (C=O) groups is 1. The van der Waals surface area contributed by atoms with Gasteiger partial charge in [0.2, 0.25) is 0 Å². The molecule has 0 spiro atoms. The molecule has 1 N–H and O–H groups in total. The van der Waals surface area contributed by atoms with Crippen molar-refractivity contribution >= 4 is 5.78 Å². The lowest BCUT2D eigenvalue weighted by atomic mass is 9.83. The molecular weight excluding hydrogens is 248 g/mol. The number of aliphatic hydroxyl groups is 1. The van der Waals surface area contributed by atoms with Crippen LogP contribution in [0.1, 0.15) is 29.3 Å². The van der Waals surface area contributed by atoms with Gasteiger partial charge in [-0.15, -0.1) is 0 Å². The van der Waals surface area contributed by atoms with E-state index in [-0.39, 0.29) is 12.2 Å². The first-order valence-electron chi connectivity index (χ1n) is 6.67. The van der Waals surface area contributed by atoms with Crippen LogP contribution in [-0.2, 0) is 5.60 Å². The van der Waals surface area contributed by atoms with Gasteiger partial charge in [-0.3, -0.25) is 4.79 Å². The van der Waals surface area contributed by atoms with E-state index in [2.05, 4.69) is 0 Å². The van der Waals surface area contributed by atoms with E-state index in [4.69, 9.17) is 0 Å². The number of allylic oxidation sites excluding steroid dienone is 1. The number of Topliss-reactive ketones (excluding diaryl/α,β-unsaturated/α-hetero) is 1. The summed E-state index contributed by atoms with van der Waals surface area (Å²) in [6, 6.07) is 18.0. The summed E-state index contributed by atoms with van der Waals surface area (Å²) < 4.78 is 0. The van der Waals surface area contributed by atoms with Crippen LogP contribution in [0.4, 0.5) is 0 Å². The first kappa shape index (κ1) is 14.2. The molecule has 2 nitrogen and oxygen atoms in total. The minimum atomic E-state index is -1.52. The fourth-order valence-electron chi connectivity index (χ4n) is 2.17. The van der Waals surface area contributed by atoms with Gasteiger partial charge in [-0.1, -0.05) is 72.8 Å². The molecule has 0 aliphatic carbocycles. The van der Waals surface area contributed by atoms with E-state index >= 15 is 0 Å². The van der Waals surface area contributed by atoms with Gasteiger partial charge in [0.05, 0.1) is 0 Å². The van der Waals surface area contributed by atoms with E-state index in [1.54, 1.807) is 36.4 Å². The normalized spacial score (nSPS) is 14.1. The first-order chi connectivity index (χ1) is 9.68. The Labute approximate surface area is 119 Å². The number of hydrogen-bond acceptors (Lipinski definition) is 2. The molecule has 0 heterocycles. The maximum Gasteiger partial charge on any atom is 0.199 e. The van der Waals surface area contributed by atoms with E-state index in [9.17, 15) is 9.90 Å². The number of benzene rings is 2. The molecular formula is C18H18O2. The molecule has 102 valence electrons. The van der Waals surface area contributed by atoms with Crippen LogP contribution in [0.2, 0.25) is 0 Å². The highest BCUT2D eigenvalue weighted by atomic mass is 16.3. The summed E-state index contributed by atoms with van der Waals surface area (Å²) in [4.78, 5) is 12.7. The molecule has 20 heavy (non-hydrogen) atoms. The zero-order valence-corrected chi connectivity index (χ0v) is 11.5. The summed E-state index contributed by atoms with van der Waals surface area (Å²) in [7, 11) is 0. The summed E-state index contributed by atoms with van der Waals surface area (Å²) >= 11 is 0. The molecule has 0 aliphatic rings. The molecule has 2 rings (SSSR count). The van der Waals surface area contributed by atoms with Gasteiger partial charge < -0.3 is 5.11 Å². The summed E-state index contributed by atoms with van der Waals surface area (Å²) in [5.74, 6) is -0.276. The minimum absolute atomic E-state index is 0.265. The third kappa shape index (κ3) is 2.86. The minimum Gasteiger partial charge on any atom is -0.377 e. The van der Waals surface area contributed by atoms with E-state index < -0.39 is 5.60 Å². The Kier molecular flexibility index (Phi) is 4.49. The fourth-order valence-corrected chi connectivity index (χ4v) is 2.17. The molecule has 0 aliphatic heterocycles. The molecule has 2 aromatic carbocycles. The van der Waals surface area contributed by atoms with Crippen LogP contribution in [0.3, 0.4) is 0 Å². The molecule has 1 unspecified atom stereocenters. The fraction of sp³-hybridized carbons (Fsp3) is 0.167. The monoisotopic (exact) mass is 266 g/mol. The molecule has 0 bridgehead atoms. The number of hydrogen-bond donors (Lipinski definition) is 1. The molecule has 0 saturated heterocycles. The van der Waals surface area contributed by atoms with Crippen LogP contribution in [0.25, 0.3) is 0 Å².